The third-order valence-corrected chi connectivity index (χ3v) is 3.90. The first-order chi connectivity index (χ1) is 12.0. The lowest BCUT2D eigenvalue weighted by molar-refractivity contribution is 0.0917. The fraction of sp³-hybridized carbons (Fsp3) is 0.158. The highest BCUT2D eigenvalue weighted by molar-refractivity contribution is 5.99. The molecule has 1 aromatic heterocycles. The maximum absolute atomic E-state index is 13.1. The molecule has 3 rings (SSSR count). The second kappa shape index (κ2) is 7.27. The van der Waals surface area contributed by atoms with Gasteiger partial charge in [-0.3, -0.25) is 9.89 Å². The molecule has 5 nitrogen and oxygen atoms in total. The van der Waals surface area contributed by atoms with Gasteiger partial charge in [-0.1, -0.05) is 29.8 Å². The molecule has 1 amide bonds. The normalized spacial score (nSPS) is 12.0. The van der Waals surface area contributed by atoms with E-state index in [1.807, 2.05) is 31.2 Å². The van der Waals surface area contributed by atoms with Crippen LogP contribution in [0.5, 0.6) is 0 Å². The molecule has 3 N–H and O–H groups in total. The number of aromatic nitrogens is 2. The maximum atomic E-state index is 13.1. The van der Waals surface area contributed by atoms with Crippen molar-refractivity contribution in [3.05, 3.63) is 77.2 Å². The van der Waals surface area contributed by atoms with Crippen LogP contribution >= 0.6 is 0 Å². The average Bonchev–Trinajstić information content (AvgIpc) is 3.10. The number of aliphatic hydroxyl groups excluding tert-OH is 1. The summed E-state index contributed by atoms with van der Waals surface area (Å²) in [5.74, 6) is -0.713. The van der Waals surface area contributed by atoms with Crippen LogP contribution in [0.15, 0.2) is 54.7 Å². The van der Waals surface area contributed by atoms with Crippen molar-refractivity contribution in [3.63, 3.8) is 0 Å². The quantitative estimate of drug-likeness (QED) is 0.669. The number of benzene rings is 2. The number of aryl methyl sites for hydroxylation is 1. The fourth-order valence-electron chi connectivity index (χ4n) is 2.57. The van der Waals surface area contributed by atoms with Crippen LogP contribution in [0.25, 0.3) is 11.3 Å². The Morgan fingerprint density at radius 1 is 1.28 bits per heavy atom. The molecule has 1 unspecified atom stereocenters. The number of nitrogens with zero attached hydrogens (tertiary/aromatic N) is 1. The summed E-state index contributed by atoms with van der Waals surface area (Å²) in [7, 11) is 0. The lowest BCUT2D eigenvalue weighted by Gasteiger charge is -2.13. The Kier molecular flexibility index (Phi) is 4.90. The number of carbonyl (C=O) groups is 1. The van der Waals surface area contributed by atoms with Gasteiger partial charge in [0.1, 0.15) is 5.82 Å². The van der Waals surface area contributed by atoms with Gasteiger partial charge in [-0.05, 0) is 36.8 Å². The predicted molar refractivity (Wildman–Crippen MR) is 92.5 cm³/mol. The van der Waals surface area contributed by atoms with E-state index < -0.39 is 6.10 Å². The minimum atomic E-state index is -0.801. The summed E-state index contributed by atoms with van der Waals surface area (Å²) in [4.78, 5) is 12.4. The Bertz CT molecular complexity index is 874. The molecular weight excluding hydrogens is 321 g/mol. The summed E-state index contributed by atoms with van der Waals surface area (Å²) in [6.45, 7) is 2.02. The zero-order chi connectivity index (χ0) is 17.8. The smallest absolute Gasteiger partial charge is 0.255 e. The van der Waals surface area contributed by atoms with Crippen LogP contribution in [0.3, 0.4) is 0 Å². The van der Waals surface area contributed by atoms with Gasteiger partial charge < -0.3 is 10.4 Å². The van der Waals surface area contributed by atoms with Crippen LogP contribution in [0.1, 0.15) is 27.6 Å². The Labute approximate surface area is 144 Å². The van der Waals surface area contributed by atoms with Crippen LogP contribution in [0.4, 0.5) is 4.39 Å². The number of hydrogen-bond donors (Lipinski definition) is 3. The molecule has 6 heteroatoms. The van der Waals surface area contributed by atoms with Gasteiger partial charge in [0, 0.05) is 12.1 Å². The fourth-order valence-corrected chi connectivity index (χ4v) is 2.57. The SMILES string of the molecule is Cc1cccc(C(O)CNC(=O)c2cn[nH]c2-c2ccc(F)cc2)c1. The second-order valence-electron chi connectivity index (χ2n) is 5.81. The number of rotatable bonds is 5. The molecule has 0 aliphatic heterocycles. The molecule has 0 saturated carbocycles. The molecule has 3 aromatic rings. The van der Waals surface area contributed by atoms with Gasteiger partial charge >= 0.3 is 0 Å². The predicted octanol–water partition coefficient (Wildman–Crippen LogP) is 2.99. The minimum Gasteiger partial charge on any atom is -0.387 e. The maximum Gasteiger partial charge on any atom is 0.255 e. The molecule has 1 heterocycles. The van der Waals surface area contributed by atoms with Crippen molar-refractivity contribution < 1.29 is 14.3 Å². The molecule has 25 heavy (non-hydrogen) atoms. The van der Waals surface area contributed by atoms with Crippen molar-refractivity contribution in [3.8, 4) is 11.3 Å². The minimum absolute atomic E-state index is 0.0797. The summed E-state index contributed by atoms with van der Waals surface area (Å²) in [5.41, 5.74) is 3.27. The molecule has 0 bridgehead atoms. The Morgan fingerprint density at radius 2 is 2.04 bits per heavy atom. The zero-order valence-electron chi connectivity index (χ0n) is 13.7. The second-order valence-corrected chi connectivity index (χ2v) is 5.81. The van der Waals surface area contributed by atoms with Crippen molar-refractivity contribution in [2.24, 2.45) is 0 Å². The standard InChI is InChI=1S/C19H18FN3O2/c1-12-3-2-4-14(9-12)17(24)11-21-19(25)16-10-22-23-18(16)13-5-7-15(20)8-6-13/h2-10,17,24H,11H2,1H3,(H,21,25)(H,22,23). The van der Waals surface area contributed by atoms with E-state index in [1.54, 1.807) is 12.1 Å². The molecule has 0 saturated heterocycles. The number of aliphatic hydroxyl groups is 1. The van der Waals surface area contributed by atoms with Crippen molar-refractivity contribution in [1.82, 2.24) is 15.5 Å². The lowest BCUT2D eigenvalue weighted by Crippen LogP contribution is -2.28. The highest BCUT2D eigenvalue weighted by atomic mass is 19.1. The van der Waals surface area contributed by atoms with Gasteiger partial charge in [-0.15, -0.1) is 0 Å². The largest absolute Gasteiger partial charge is 0.387 e. The van der Waals surface area contributed by atoms with Crippen LogP contribution in [0.2, 0.25) is 0 Å². The van der Waals surface area contributed by atoms with Crippen LogP contribution < -0.4 is 5.32 Å². The molecule has 128 valence electrons. The molecular formula is C19H18FN3O2. The summed E-state index contributed by atoms with van der Waals surface area (Å²) in [5, 5.41) is 19.6. The molecule has 0 aliphatic carbocycles. The first-order valence-electron chi connectivity index (χ1n) is 7.86. The van der Waals surface area contributed by atoms with Crippen LogP contribution in [-0.4, -0.2) is 27.8 Å². The van der Waals surface area contributed by atoms with E-state index in [4.69, 9.17) is 0 Å². The van der Waals surface area contributed by atoms with Crippen molar-refractivity contribution in [2.45, 2.75) is 13.0 Å². The summed E-state index contributed by atoms with van der Waals surface area (Å²) in [6.07, 6.45) is 0.609. The van der Waals surface area contributed by atoms with Gasteiger partial charge in [-0.2, -0.15) is 5.10 Å². The van der Waals surface area contributed by atoms with E-state index in [1.165, 1.54) is 18.3 Å². The topological polar surface area (TPSA) is 78.0 Å². The third-order valence-electron chi connectivity index (χ3n) is 3.90. The van der Waals surface area contributed by atoms with E-state index >= 15 is 0 Å². The monoisotopic (exact) mass is 339 g/mol. The number of aromatic amines is 1. The summed E-state index contributed by atoms with van der Waals surface area (Å²) in [6, 6.07) is 13.3. The molecule has 0 spiro atoms. The van der Waals surface area contributed by atoms with E-state index in [0.29, 0.717) is 16.8 Å². The van der Waals surface area contributed by atoms with Gasteiger partial charge in [0.05, 0.1) is 23.6 Å². The number of halogens is 1. The first-order valence-corrected chi connectivity index (χ1v) is 7.86. The Hall–Kier alpha value is -2.99. The number of H-pyrrole nitrogens is 1. The lowest BCUT2D eigenvalue weighted by atomic mass is 10.1. The first kappa shape index (κ1) is 16.9. The van der Waals surface area contributed by atoms with Gasteiger partial charge in [0.2, 0.25) is 0 Å². The molecule has 0 aliphatic rings. The number of carbonyl (C=O) groups excluding carboxylic acids is 1. The van der Waals surface area contributed by atoms with Crippen LogP contribution in [0, 0.1) is 12.7 Å². The van der Waals surface area contributed by atoms with E-state index in [2.05, 4.69) is 15.5 Å². The van der Waals surface area contributed by atoms with E-state index in [9.17, 15) is 14.3 Å². The third kappa shape index (κ3) is 3.92. The van der Waals surface area contributed by atoms with E-state index in [0.717, 1.165) is 11.1 Å². The van der Waals surface area contributed by atoms with Gasteiger partial charge in [0.15, 0.2) is 0 Å². The summed E-state index contributed by atoms with van der Waals surface area (Å²) >= 11 is 0. The van der Waals surface area contributed by atoms with Gasteiger partial charge in [-0.25, -0.2) is 4.39 Å². The Balaban J connectivity index is 1.70. The van der Waals surface area contributed by atoms with Crippen LogP contribution in [-0.2, 0) is 0 Å². The molecule has 1 atom stereocenters. The molecule has 2 aromatic carbocycles. The average molecular weight is 339 g/mol. The highest BCUT2D eigenvalue weighted by Crippen LogP contribution is 2.21. The summed E-state index contributed by atoms with van der Waals surface area (Å²) < 4.78 is 13.1. The zero-order valence-corrected chi connectivity index (χ0v) is 13.7. The van der Waals surface area contributed by atoms with Crippen molar-refractivity contribution >= 4 is 5.91 Å². The number of nitrogens with one attached hydrogen (secondary N) is 2. The number of amides is 1. The van der Waals surface area contributed by atoms with Crippen molar-refractivity contribution in [2.75, 3.05) is 6.54 Å². The number of hydrogen-bond acceptors (Lipinski definition) is 3. The van der Waals surface area contributed by atoms with Gasteiger partial charge in [0.25, 0.3) is 5.91 Å². The van der Waals surface area contributed by atoms with E-state index in [-0.39, 0.29) is 18.3 Å². The highest BCUT2D eigenvalue weighted by Gasteiger charge is 2.17. The molecule has 0 radical (unpaired) electrons. The van der Waals surface area contributed by atoms with Crippen molar-refractivity contribution in [1.29, 1.82) is 0 Å². The Morgan fingerprint density at radius 3 is 2.76 bits per heavy atom. The molecule has 0 fully saturated rings.